The van der Waals surface area contributed by atoms with Crippen molar-refractivity contribution in [2.24, 2.45) is 11.8 Å². The number of aliphatic hydroxyl groups is 1. The molecule has 0 aromatic carbocycles. The fourth-order valence-electron chi connectivity index (χ4n) is 3.66. The first-order valence-corrected chi connectivity index (χ1v) is 18.1. The monoisotopic (exact) mass is 740 g/mol. The van der Waals surface area contributed by atoms with Crippen LogP contribution in [-0.2, 0) is 58.4 Å². The molecule has 0 aromatic rings. The average Bonchev–Trinajstić information content (AvgIpc) is 2.97. The Morgan fingerprint density at radius 3 is 1.40 bits per heavy atom. The standard InChI is InChI=1S/C20H38O7S.C8H14O8S.2Na.2H/c1-5-9-11-16(7-3)14-26-19(21)13-18(28(23,24)25)20(22)27-15-17(8-4)12-10-6-2;1-3-6(9)16-8(11)5(17(12,13)14)4-7(10)15-2;;;;/h16-18H,5-15H2,1-4H3,(H,23,24,25);5-6,9H,3-4H2,1-2H3,(H,12,13,14);;;;. The minimum atomic E-state index is -4.81. The molecule has 0 fully saturated rings. The molecule has 0 aliphatic rings. The van der Waals surface area contributed by atoms with E-state index < -0.39 is 73.7 Å². The van der Waals surface area contributed by atoms with Crippen LogP contribution in [0.15, 0.2) is 0 Å². The first-order chi connectivity index (χ1) is 20.9. The summed E-state index contributed by atoms with van der Waals surface area (Å²) in [6.45, 7) is 9.84. The summed E-state index contributed by atoms with van der Waals surface area (Å²) in [5.74, 6) is -4.02. The molecule has 47 heavy (non-hydrogen) atoms. The van der Waals surface area contributed by atoms with E-state index in [1.807, 2.05) is 13.8 Å². The molecule has 19 heteroatoms. The Hall–Kier alpha value is -0.340. The molecule has 0 rings (SSSR count). The molecule has 0 saturated heterocycles. The summed E-state index contributed by atoms with van der Waals surface area (Å²) >= 11 is 0. The van der Waals surface area contributed by atoms with E-state index in [0.29, 0.717) is 0 Å². The van der Waals surface area contributed by atoms with E-state index in [9.17, 15) is 40.6 Å². The fourth-order valence-corrected chi connectivity index (χ4v) is 4.96. The molecular weight excluding hydrogens is 686 g/mol. The SMILES string of the molecule is CCC(O)OC(=O)C(CC(=O)OC)S(=O)(=O)O.CCCCC(CC)COC(=O)CC(C(=O)OCC(CC)CCCC)S(=O)(=O)O.[NaH].[NaH]. The number of hydrogen-bond donors (Lipinski definition) is 3. The Labute approximate surface area is 324 Å². The Kier molecular flexibility index (Phi) is 33.4. The quantitative estimate of drug-likeness (QED) is 0.0473. The van der Waals surface area contributed by atoms with Gasteiger partial charge in [0.15, 0.2) is 16.8 Å². The Morgan fingerprint density at radius 2 is 1.04 bits per heavy atom. The normalized spacial score (nSPS) is 14.2. The molecule has 0 radical (unpaired) electrons. The summed E-state index contributed by atoms with van der Waals surface area (Å²) in [6.07, 6.45) is 4.40. The van der Waals surface area contributed by atoms with Gasteiger partial charge in [-0.2, -0.15) is 16.8 Å². The summed E-state index contributed by atoms with van der Waals surface area (Å²) in [5.41, 5.74) is 0. The second-order valence-electron chi connectivity index (χ2n) is 10.4. The number of methoxy groups -OCH3 is 1. The van der Waals surface area contributed by atoms with Crippen molar-refractivity contribution >= 4 is 103 Å². The van der Waals surface area contributed by atoms with Crippen LogP contribution in [0.2, 0.25) is 0 Å². The number of carbonyl (C=O) groups excluding carboxylic acids is 4. The molecule has 0 aliphatic heterocycles. The predicted octanol–water partition coefficient (Wildman–Crippen LogP) is 1.93. The first-order valence-electron chi connectivity index (χ1n) is 15.1. The summed E-state index contributed by atoms with van der Waals surface area (Å²) in [6, 6.07) is 0. The zero-order valence-electron chi connectivity index (χ0n) is 27.1. The van der Waals surface area contributed by atoms with Crippen LogP contribution in [0, 0.1) is 11.8 Å². The molecule has 5 atom stereocenters. The van der Waals surface area contributed by atoms with Gasteiger partial charge in [-0.05, 0) is 24.7 Å². The molecule has 0 saturated carbocycles. The van der Waals surface area contributed by atoms with Crippen molar-refractivity contribution in [2.45, 2.75) is 122 Å². The van der Waals surface area contributed by atoms with E-state index in [2.05, 4.69) is 23.3 Å². The summed E-state index contributed by atoms with van der Waals surface area (Å²) < 4.78 is 81.7. The van der Waals surface area contributed by atoms with Crippen molar-refractivity contribution < 1.29 is 69.2 Å². The molecule has 0 bridgehead atoms. The van der Waals surface area contributed by atoms with Crippen LogP contribution in [0.25, 0.3) is 0 Å². The van der Waals surface area contributed by atoms with Gasteiger partial charge in [0.05, 0.1) is 33.2 Å². The molecule has 0 aliphatic carbocycles. The van der Waals surface area contributed by atoms with Crippen molar-refractivity contribution in [3.63, 3.8) is 0 Å². The van der Waals surface area contributed by atoms with Gasteiger partial charge in [-0.3, -0.25) is 28.3 Å². The van der Waals surface area contributed by atoms with Crippen LogP contribution in [0.3, 0.4) is 0 Å². The Morgan fingerprint density at radius 1 is 0.638 bits per heavy atom. The van der Waals surface area contributed by atoms with Crippen molar-refractivity contribution in [2.75, 3.05) is 20.3 Å². The second-order valence-corrected chi connectivity index (χ2v) is 13.6. The zero-order chi connectivity index (χ0) is 35.2. The molecule has 15 nitrogen and oxygen atoms in total. The predicted molar refractivity (Wildman–Crippen MR) is 177 cm³/mol. The Bertz CT molecular complexity index is 1100. The fraction of sp³-hybridized carbons (Fsp3) is 0.857. The number of hydrogen-bond acceptors (Lipinski definition) is 13. The van der Waals surface area contributed by atoms with Crippen molar-refractivity contribution in [1.29, 1.82) is 0 Å². The van der Waals surface area contributed by atoms with E-state index in [-0.39, 0.29) is 90.6 Å². The van der Waals surface area contributed by atoms with Crippen LogP contribution in [0.5, 0.6) is 0 Å². The van der Waals surface area contributed by atoms with E-state index in [0.717, 1.165) is 58.5 Å². The number of aliphatic hydroxyl groups excluding tert-OH is 1. The average molecular weight is 741 g/mol. The molecule has 0 spiro atoms. The third-order valence-electron chi connectivity index (χ3n) is 6.81. The van der Waals surface area contributed by atoms with E-state index in [1.54, 1.807) is 0 Å². The van der Waals surface area contributed by atoms with E-state index in [4.69, 9.17) is 19.1 Å². The topological polar surface area (TPSA) is 234 Å². The van der Waals surface area contributed by atoms with E-state index in [1.165, 1.54) is 6.92 Å². The minimum absolute atomic E-state index is 0. The van der Waals surface area contributed by atoms with Gasteiger partial charge < -0.3 is 24.1 Å². The van der Waals surface area contributed by atoms with Gasteiger partial charge in [0.1, 0.15) is 0 Å². The summed E-state index contributed by atoms with van der Waals surface area (Å²) in [5, 5.41) is 4.95. The third kappa shape index (κ3) is 26.2. The summed E-state index contributed by atoms with van der Waals surface area (Å²) in [7, 11) is -8.58. The molecule has 3 N–H and O–H groups in total. The number of unbranched alkanes of at least 4 members (excludes halogenated alkanes) is 2. The van der Waals surface area contributed by atoms with Gasteiger partial charge in [-0.1, -0.05) is 73.1 Å². The van der Waals surface area contributed by atoms with Crippen molar-refractivity contribution in [3.8, 4) is 0 Å². The third-order valence-corrected chi connectivity index (χ3v) is 8.96. The maximum atomic E-state index is 12.2. The zero-order valence-corrected chi connectivity index (χ0v) is 28.8. The van der Waals surface area contributed by atoms with Gasteiger partial charge >= 0.3 is 83.0 Å². The van der Waals surface area contributed by atoms with Crippen molar-refractivity contribution in [3.05, 3.63) is 0 Å². The first kappa shape index (κ1) is 53.5. The van der Waals surface area contributed by atoms with E-state index >= 15 is 0 Å². The number of rotatable bonds is 22. The van der Waals surface area contributed by atoms with Gasteiger partial charge in [0.2, 0.25) is 0 Å². The molecule has 0 amide bonds. The van der Waals surface area contributed by atoms with Crippen LogP contribution in [0.4, 0.5) is 0 Å². The van der Waals surface area contributed by atoms with Gasteiger partial charge in [0.25, 0.3) is 20.2 Å². The van der Waals surface area contributed by atoms with Gasteiger partial charge in [-0.25, -0.2) is 0 Å². The molecule has 0 heterocycles. The van der Waals surface area contributed by atoms with Crippen molar-refractivity contribution in [1.82, 2.24) is 0 Å². The molecular formula is C28H54Na2O15S2. The summed E-state index contributed by atoms with van der Waals surface area (Å²) in [4.78, 5) is 46.4. The number of carbonyl (C=O) groups is 4. The molecule has 270 valence electrons. The van der Waals surface area contributed by atoms with Crippen LogP contribution < -0.4 is 0 Å². The van der Waals surface area contributed by atoms with Crippen LogP contribution >= 0.6 is 0 Å². The molecule has 5 unspecified atom stereocenters. The maximum absolute atomic E-state index is 12.2. The Balaban J connectivity index is -0.000000420. The number of ether oxygens (including phenoxy) is 4. The van der Waals surface area contributed by atoms with Gasteiger partial charge in [0, 0.05) is 6.42 Å². The number of esters is 4. The van der Waals surface area contributed by atoms with Gasteiger partial charge in [-0.15, -0.1) is 0 Å². The van der Waals surface area contributed by atoms with Crippen LogP contribution in [-0.4, -0.2) is 151 Å². The van der Waals surface area contributed by atoms with Crippen LogP contribution in [0.1, 0.15) is 105 Å². The second kappa shape index (κ2) is 29.4. The molecule has 0 aromatic heterocycles.